The Balaban J connectivity index is 2.34. The van der Waals surface area contributed by atoms with Crippen LogP contribution in [-0.4, -0.2) is 23.6 Å². The molecule has 0 atom stereocenters. The van der Waals surface area contributed by atoms with Gasteiger partial charge in [0.25, 0.3) is 0 Å². The van der Waals surface area contributed by atoms with Crippen molar-refractivity contribution in [1.29, 1.82) is 0 Å². The quantitative estimate of drug-likeness (QED) is 0.857. The predicted octanol–water partition coefficient (Wildman–Crippen LogP) is 3.36. The maximum atomic E-state index is 13.5. The summed E-state index contributed by atoms with van der Waals surface area (Å²) in [7, 11) is 1.95. The van der Waals surface area contributed by atoms with Crippen molar-refractivity contribution in [2.45, 2.75) is 33.6 Å². The van der Waals surface area contributed by atoms with Crippen LogP contribution in [0.5, 0.6) is 0 Å². The van der Waals surface area contributed by atoms with Gasteiger partial charge in [0, 0.05) is 17.0 Å². The zero-order valence-corrected chi connectivity index (χ0v) is 13.1. The summed E-state index contributed by atoms with van der Waals surface area (Å²) in [5.41, 5.74) is 4.77. The molecule has 1 N–H and O–H groups in total. The average Bonchev–Trinajstić information content (AvgIpc) is 2.40. The number of aryl methyl sites for hydroxylation is 3. The molecular formula is C17H22FN3. The van der Waals surface area contributed by atoms with E-state index in [4.69, 9.17) is 0 Å². The van der Waals surface area contributed by atoms with Gasteiger partial charge in [0.2, 0.25) is 0 Å². The van der Waals surface area contributed by atoms with Gasteiger partial charge < -0.3 is 5.32 Å². The molecule has 21 heavy (non-hydrogen) atoms. The Morgan fingerprint density at radius 3 is 2.29 bits per heavy atom. The summed E-state index contributed by atoms with van der Waals surface area (Å²) in [6.45, 7) is 6.85. The van der Waals surface area contributed by atoms with Gasteiger partial charge in [0.1, 0.15) is 5.82 Å². The first-order valence-corrected chi connectivity index (χ1v) is 7.27. The SMILES string of the molecule is CNCCCc1c(C)nc(-c2cc(C)cc(F)c2)nc1C. The van der Waals surface area contributed by atoms with Gasteiger partial charge in [-0.2, -0.15) is 0 Å². The fraction of sp³-hybridized carbons (Fsp3) is 0.412. The van der Waals surface area contributed by atoms with Crippen LogP contribution in [0, 0.1) is 26.6 Å². The van der Waals surface area contributed by atoms with Gasteiger partial charge in [-0.25, -0.2) is 14.4 Å². The highest BCUT2D eigenvalue weighted by Crippen LogP contribution is 2.21. The molecule has 112 valence electrons. The van der Waals surface area contributed by atoms with E-state index in [0.717, 1.165) is 41.9 Å². The number of benzene rings is 1. The third-order valence-electron chi connectivity index (χ3n) is 3.57. The smallest absolute Gasteiger partial charge is 0.159 e. The van der Waals surface area contributed by atoms with Crippen LogP contribution in [0.4, 0.5) is 4.39 Å². The monoisotopic (exact) mass is 287 g/mol. The average molecular weight is 287 g/mol. The third-order valence-corrected chi connectivity index (χ3v) is 3.57. The van der Waals surface area contributed by atoms with Crippen LogP contribution in [0.25, 0.3) is 11.4 Å². The molecule has 0 fully saturated rings. The molecule has 2 rings (SSSR count). The van der Waals surface area contributed by atoms with Crippen LogP contribution in [-0.2, 0) is 6.42 Å². The minimum absolute atomic E-state index is 0.248. The molecule has 2 aromatic rings. The maximum Gasteiger partial charge on any atom is 0.159 e. The molecule has 0 saturated heterocycles. The molecule has 4 heteroatoms. The largest absolute Gasteiger partial charge is 0.320 e. The zero-order chi connectivity index (χ0) is 15.4. The lowest BCUT2D eigenvalue weighted by Crippen LogP contribution is -2.10. The van der Waals surface area contributed by atoms with Gasteiger partial charge in [-0.3, -0.25) is 0 Å². The van der Waals surface area contributed by atoms with Crippen molar-refractivity contribution in [3.05, 3.63) is 46.5 Å². The highest BCUT2D eigenvalue weighted by molar-refractivity contribution is 5.57. The summed E-state index contributed by atoms with van der Waals surface area (Å²) in [5.74, 6) is 0.354. The Morgan fingerprint density at radius 1 is 1.05 bits per heavy atom. The van der Waals surface area contributed by atoms with E-state index in [2.05, 4.69) is 15.3 Å². The molecule has 3 nitrogen and oxygen atoms in total. The molecule has 0 aliphatic carbocycles. The molecule has 0 spiro atoms. The summed E-state index contributed by atoms with van der Waals surface area (Å²) in [4.78, 5) is 9.13. The normalized spacial score (nSPS) is 10.9. The topological polar surface area (TPSA) is 37.8 Å². The Hall–Kier alpha value is -1.81. The highest BCUT2D eigenvalue weighted by Gasteiger charge is 2.11. The number of nitrogens with zero attached hydrogens (tertiary/aromatic N) is 2. The molecule has 0 bridgehead atoms. The first-order chi connectivity index (χ1) is 10.0. The van der Waals surface area contributed by atoms with E-state index in [-0.39, 0.29) is 5.82 Å². The first-order valence-electron chi connectivity index (χ1n) is 7.27. The molecule has 0 aliphatic rings. The van der Waals surface area contributed by atoms with E-state index in [1.807, 2.05) is 33.9 Å². The molecule has 0 unspecified atom stereocenters. The van der Waals surface area contributed by atoms with Crippen LogP contribution in [0.15, 0.2) is 18.2 Å². The van der Waals surface area contributed by atoms with Crippen LogP contribution >= 0.6 is 0 Å². The lowest BCUT2D eigenvalue weighted by Gasteiger charge is -2.11. The van der Waals surface area contributed by atoms with Crippen molar-refractivity contribution in [2.24, 2.45) is 0 Å². The first kappa shape index (κ1) is 15.6. The Labute approximate surface area is 125 Å². The Bertz CT molecular complexity index is 595. The van der Waals surface area contributed by atoms with E-state index in [1.165, 1.54) is 17.7 Å². The fourth-order valence-corrected chi connectivity index (χ4v) is 2.54. The molecule has 0 saturated carbocycles. The van der Waals surface area contributed by atoms with Crippen molar-refractivity contribution >= 4 is 0 Å². The number of nitrogens with one attached hydrogen (secondary N) is 1. The fourth-order valence-electron chi connectivity index (χ4n) is 2.54. The summed E-state index contributed by atoms with van der Waals surface area (Å²) >= 11 is 0. The van der Waals surface area contributed by atoms with Crippen molar-refractivity contribution in [1.82, 2.24) is 15.3 Å². The second-order valence-electron chi connectivity index (χ2n) is 5.42. The second-order valence-corrected chi connectivity index (χ2v) is 5.42. The van der Waals surface area contributed by atoms with Gasteiger partial charge in [0.15, 0.2) is 5.82 Å². The van der Waals surface area contributed by atoms with E-state index < -0.39 is 0 Å². The Kier molecular flexibility index (Phi) is 5.02. The Morgan fingerprint density at radius 2 is 1.71 bits per heavy atom. The van der Waals surface area contributed by atoms with Gasteiger partial charge >= 0.3 is 0 Å². The number of hydrogen-bond acceptors (Lipinski definition) is 3. The lowest BCUT2D eigenvalue weighted by atomic mass is 10.1. The molecule has 0 radical (unpaired) electrons. The van der Waals surface area contributed by atoms with E-state index >= 15 is 0 Å². The molecule has 1 aromatic heterocycles. The van der Waals surface area contributed by atoms with Gasteiger partial charge in [-0.15, -0.1) is 0 Å². The lowest BCUT2D eigenvalue weighted by molar-refractivity contribution is 0.627. The predicted molar refractivity (Wildman–Crippen MR) is 83.9 cm³/mol. The van der Waals surface area contributed by atoms with Crippen LogP contribution < -0.4 is 5.32 Å². The van der Waals surface area contributed by atoms with Gasteiger partial charge in [0.05, 0.1) is 0 Å². The summed E-state index contributed by atoms with van der Waals surface area (Å²) < 4.78 is 13.5. The van der Waals surface area contributed by atoms with Crippen LogP contribution in [0.2, 0.25) is 0 Å². The van der Waals surface area contributed by atoms with Crippen LogP contribution in [0.3, 0.4) is 0 Å². The summed E-state index contributed by atoms with van der Waals surface area (Å²) in [6, 6.07) is 4.91. The standard InChI is InChI=1S/C17H22FN3/c1-11-8-14(10-15(18)9-11)17-20-12(2)16(13(3)21-17)6-5-7-19-4/h8-10,19H,5-7H2,1-4H3. The molecule has 0 amide bonds. The van der Waals surface area contributed by atoms with Crippen molar-refractivity contribution < 1.29 is 4.39 Å². The van der Waals surface area contributed by atoms with E-state index in [1.54, 1.807) is 0 Å². The second kappa shape index (κ2) is 6.76. The number of halogens is 1. The molecule has 1 aromatic carbocycles. The summed E-state index contributed by atoms with van der Waals surface area (Å²) in [5, 5.41) is 3.14. The van der Waals surface area contributed by atoms with Crippen molar-refractivity contribution in [3.8, 4) is 11.4 Å². The highest BCUT2D eigenvalue weighted by atomic mass is 19.1. The third kappa shape index (κ3) is 3.85. The van der Waals surface area contributed by atoms with E-state index in [0.29, 0.717) is 5.82 Å². The molecule has 0 aliphatic heterocycles. The minimum atomic E-state index is -0.248. The number of hydrogen-bond donors (Lipinski definition) is 1. The number of rotatable bonds is 5. The maximum absolute atomic E-state index is 13.5. The van der Waals surface area contributed by atoms with Crippen LogP contribution in [0.1, 0.15) is 28.9 Å². The van der Waals surface area contributed by atoms with E-state index in [9.17, 15) is 4.39 Å². The molecule has 1 heterocycles. The van der Waals surface area contributed by atoms with Crippen molar-refractivity contribution in [3.63, 3.8) is 0 Å². The van der Waals surface area contributed by atoms with Gasteiger partial charge in [-0.05, 0) is 76.5 Å². The molecular weight excluding hydrogens is 265 g/mol. The minimum Gasteiger partial charge on any atom is -0.320 e. The zero-order valence-electron chi connectivity index (χ0n) is 13.1. The van der Waals surface area contributed by atoms with Gasteiger partial charge in [-0.1, -0.05) is 0 Å². The summed E-state index contributed by atoms with van der Waals surface area (Å²) in [6.07, 6.45) is 2.01. The number of aromatic nitrogens is 2. The van der Waals surface area contributed by atoms with Crippen molar-refractivity contribution in [2.75, 3.05) is 13.6 Å².